The lowest BCUT2D eigenvalue weighted by Gasteiger charge is -2.14. The summed E-state index contributed by atoms with van der Waals surface area (Å²) in [6, 6.07) is 15.6. The fourth-order valence-electron chi connectivity index (χ4n) is 2.88. The Hall–Kier alpha value is -2.90. The van der Waals surface area contributed by atoms with E-state index in [1.165, 1.54) is 16.9 Å². The zero-order chi connectivity index (χ0) is 21.1. The van der Waals surface area contributed by atoms with Crippen molar-refractivity contribution >= 4 is 45.2 Å². The summed E-state index contributed by atoms with van der Waals surface area (Å²) in [5, 5.41) is 1.91. The number of carbonyl (C=O) groups excluding carboxylic acids is 1. The van der Waals surface area contributed by atoms with Crippen LogP contribution in [0.25, 0.3) is 6.08 Å². The zero-order valence-corrected chi connectivity index (χ0v) is 18.7. The van der Waals surface area contributed by atoms with Crippen LogP contribution in [0, 0.1) is 6.92 Å². The number of hydrogen-bond donors (Lipinski definition) is 0. The van der Waals surface area contributed by atoms with Crippen LogP contribution in [-0.2, 0) is 16.1 Å². The molecule has 0 bridgehead atoms. The van der Waals surface area contributed by atoms with Crippen LogP contribution in [0.3, 0.4) is 0 Å². The van der Waals surface area contributed by atoms with Gasteiger partial charge in [0.1, 0.15) is 6.61 Å². The quantitative estimate of drug-likeness (QED) is 0.330. The average Bonchev–Trinajstić information content (AvgIpc) is 3.38. The second kappa shape index (κ2) is 8.85. The SMILES string of the molecule is COc1cc(/C=C2\N=C(c3cccs3)OC2=O)cc(Br)c1OCc1ccc(C)cc1. The molecule has 0 spiro atoms. The second-order valence-electron chi connectivity index (χ2n) is 6.62. The predicted octanol–water partition coefficient (Wildman–Crippen LogP) is 5.75. The molecule has 30 heavy (non-hydrogen) atoms. The summed E-state index contributed by atoms with van der Waals surface area (Å²) in [4.78, 5) is 17.3. The molecule has 5 nitrogen and oxygen atoms in total. The molecule has 4 rings (SSSR count). The molecule has 7 heteroatoms. The first-order chi connectivity index (χ1) is 14.5. The van der Waals surface area contributed by atoms with Crippen molar-refractivity contribution in [2.75, 3.05) is 7.11 Å². The summed E-state index contributed by atoms with van der Waals surface area (Å²) in [5.74, 6) is 0.993. The number of ether oxygens (including phenoxy) is 3. The minimum Gasteiger partial charge on any atom is -0.493 e. The molecule has 1 aromatic heterocycles. The minimum atomic E-state index is -0.479. The lowest BCUT2D eigenvalue weighted by Crippen LogP contribution is -2.03. The van der Waals surface area contributed by atoms with Crippen molar-refractivity contribution in [2.24, 2.45) is 4.99 Å². The second-order valence-corrected chi connectivity index (χ2v) is 8.42. The number of aryl methyl sites for hydroxylation is 1. The molecule has 152 valence electrons. The maximum absolute atomic E-state index is 12.2. The summed E-state index contributed by atoms with van der Waals surface area (Å²) in [6.07, 6.45) is 1.67. The van der Waals surface area contributed by atoms with Gasteiger partial charge in [-0.2, -0.15) is 0 Å². The van der Waals surface area contributed by atoms with Crippen molar-refractivity contribution in [3.05, 3.63) is 85.6 Å². The Morgan fingerprint density at radius 3 is 2.70 bits per heavy atom. The number of aliphatic imine (C=N–C) groups is 1. The Kier molecular flexibility index (Phi) is 6.01. The van der Waals surface area contributed by atoms with E-state index >= 15 is 0 Å². The van der Waals surface area contributed by atoms with Gasteiger partial charge in [-0.05, 0) is 63.6 Å². The fraction of sp³-hybridized carbons (Fsp3) is 0.130. The standard InChI is InChI=1S/C23H18BrNO4S/c1-14-5-7-15(8-6-14)13-28-21-17(24)10-16(12-19(21)27-2)11-18-23(26)29-22(25-18)20-4-3-9-30-20/h3-12H,13H2,1-2H3/b18-11-. The van der Waals surface area contributed by atoms with Gasteiger partial charge in [-0.3, -0.25) is 0 Å². The first kappa shape index (κ1) is 20.4. The molecule has 1 aliphatic rings. The van der Waals surface area contributed by atoms with Crippen molar-refractivity contribution in [2.45, 2.75) is 13.5 Å². The van der Waals surface area contributed by atoms with Crippen LogP contribution in [0.2, 0.25) is 0 Å². The molecule has 2 aromatic carbocycles. The maximum atomic E-state index is 12.2. The maximum Gasteiger partial charge on any atom is 0.363 e. The minimum absolute atomic E-state index is 0.237. The summed E-state index contributed by atoms with van der Waals surface area (Å²) in [7, 11) is 1.58. The van der Waals surface area contributed by atoms with E-state index in [4.69, 9.17) is 14.2 Å². The molecule has 0 atom stereocenters. The van der Waals surface area contributed by atoms with Gasteiger partial charge >= 0.3 is 5.97 Å². The van der Waals surface area contributed by atoms with E-state index in [-0.39, 0.29) is 5.70 Å². The summed E-state index contributed by atoms with van der Waals surface area (Å²) >= 11 is 5.01. The van der Waals surface area contributed by atoms with Crippen molar-refractivity contribution in [3.8, 4) is 11.5 Å². The molecule has 0 N–H and O–H groups in total. The molecule has 2 heterocycles. The number of hydrogen-bond acceptors (Lipinski definition) is 6. The number of thiophene rings is 1. The Morgan fingerprint density at radius 2 is 2.00 bits per heavy atom. The molecule has 0 amide bonds. The van der Waals surface area contributed by atoms with Gasteiger partial charge in [-0.15, -0.1) is 11.3 Å². The van der Waals surface area contributed by atoms with E-state index in [0.29, 0.717) is 24.0 Å². The predicted molar refractivity (Wildman–Crippen MR) is 121 cm³/mol. The van der Waals surface area contributed by atoms with Crippen LogP contribution < -0.4 is 9.47 Å². The number of nitrogens with zero attached hydrogens (tertiary/aromatic N) is 1. The molecule has 0 aliphatic carbocycles. The zero-order valence-electron chi connectivity index (χ0n) is 16.3. The molecule has 0 radical (unpaired) electrons. The van der Waals surface area contributed by atoms with E-state index in [0.717, 1.165) is 20.5 Å². The number of benzene rings is 2. The first-order valence-corrected chi connectivity index (χ1v) is 10.8. The molecular weight excluding hydrogens is 466 g/mol. The van der Waals surface area contributed by atoms with Crippen LogP contribution in [0.5, 0.6) is 11.5 Å². The summed E-state index contributed by atoms with van der Waals surface area (Å²) in [5.41, 5.74) is 3.24. The van der Waals surface area contributed by atoms with E-state index in [1.807, 2.05) is 54.8 Å². The Bertz CT molecular complexity index is 1130. The molecule has 1 aliphatic heterocycles. The highest BCUT2D eigenvalue weighted by atomic mass is 79.9. The van der Waals surface area contributed by atoms with Gasteiger partial charge in [-0.25, -0.2) is 9.79 Å². The average molecular weight is 484 g/mol. The first-order valence-electron chi connectivity index (χ1n) is 9.16. The van der Waals surface area contributed by atoms with E-state index in [1.54, 1.807) is 19.3 Å². The van der Waals surface area contributed by atoms with Gasteiger partial charge in [-0.1, -0.05) is 35.9 Å². The number of rotatable bonds is 6. The molecular formula is C23H18BrNO4S. The Balaban J connectivity index is 1.58. The smallest absolute Gasteiger partial charge is 0.363 e. The van der Waals surface area contributed by atoms with Crippen LogP contribution in [0.1, 0.15) is 21.6 Å². The van der Waals surface area contributed by atoms with Crippen molar-refractivity contribution in [1.29, 1.82) is 0 Å². The fourth-order valence-corrected chi connectivity index (χ4v) is 4.10. The van der Waals surface area contributed by atoms with Gasteiger partial charge in [0.15, 0.2) is 17.2 Å². The lowest BCUT2D eigenvalue weighted by molar-refractivity contribution is -0.129. The monoisotopic (exact) mass is 483 g/mol. The van der Waals surface area contributed by atoms with Crippen molar-refractivity contribution in [1.82, 2.24) is 0 Å². The summed E-state index contributed by atoms with van der Waals surface area (Å²) in [6.45, 7) is 2.46. The van der Waals surface area contributed by atoms with Crippen LogP contribution in [0.15, 0.2) is 69.1 Å². The Morgan fingerprint density at radius 1 is 1.20 bits per heavy atom. The van der Waals surface area contributed by atoms with Gasteiger partial charge in [0, 0.05) is 0 Å². The van der Waals surface area contributed by atoms with Crippen LogP contribution in [-0.4, -0.2) is 19.0 Å². The lowest BCUT2D eigenvalue weighted by atomic mass is 10.1. The highest BCUT2D eigenvalue weighted by Crippen LogP contribution is 2.38. The van der Waals surface area contributed by atoms with Gasteiger partial charge in [0.05, 0.1) is 16.5 Å². The summed E-state index contributed by atoms with van der Waals surface area (Å²) < 4.78 is 17.5. The number of carbonyl (C=O) groups is 1. The third-order valence-electron chi connectivity index (χ3n) is 4.41. The number of cyclic esters (lactones) is 1. The van der Waals surface area contributed by atoms with Gasteiger partial charge in [0.2, 0.25) is 5.90 Å². The molecule has 0 saturated heterocycles. The Labute approximate surface area is 186 Å². The van der Waals surface area contributed by atoms with Gasteiger partial charge < -0.3 is 14.2 Å². The van der Waals surface area contributed by atoms with Crippen LogP contribution in [0.4, 0.5) is 0 Å². The third-order valence-corrected chi connectivity index (χ3v) is 5.86. The number of halogens is 1. The van der Waals surface area contributed by atoms with E-state index < -0.39 is 5.97 Å². The van der Waals surface area contributed by atoms with Crippen molar-refractivity contribution < 1.29 is 19.0 Å². The molecule has 0 fully saturated rings. The third kappa shape index (κ3) is 4.47. The number of esters is 1. The highest BCUT2D eigenvalue weighted by molar-refractivity contribution is 9.10. The molecule has 0 saturated carbocycles. The van der Waals surface area contributed by atoms with Crippen LogP contribution >= 0.6 is 27.3 Å². The van der Waals surface area contributed by atoms with Gasteiger partial charge in [0.25, 0.3) is 0 Å². The number of methoxy groups -OCH3 is 1. The molecule has 0 unspecified atom stereocenters. The largest absolute Gasteiger partial charge is 0.493 e. The normalized spacial score (nSPS) is 14.6. The van der Waals surface area contributed by atoms with E-state index in [2.05, 4.69) is 20.9 Å². The topological polar surface area (TPSA) is 57.1 Å². The van der Waals surface area contributed by atoms with Crippen molar-refractivity contribution in [3.63, 3.8) is 0 Å². The highest BCUT2D eigenvalue weighted by Gasteiger charge is 2.25. The molecule has 3 aromatic rings. The van der Waals surface area contributed by atoms with E-state index in [9.17, 15) is 4.79 Å².